The van der Waals surface area contributed by atoms with E-state index in [1.54, 1.807) is 12.4 Å². The van der Waals surface area contributed by atoms with Gasteiger partial charge in [-0.15, -0.1) is 0 Å². The molecule has 0 aliphatic carbocycles. The summed E-state index contributed by atoms with van der Waals surface area (Å²) in [6.45, 7) is 3.30. The number of rotatable bonds is 0. The largest absolute Gasteiger partial charge is 0.416 e. The minimum absolute atomic E-state index is 0.333. The maximum Gasteiger partial charge on any atom is 0.416 e. The Bertz CT molecular complexity index is 821. The molecule has 25 heavy (non-hydrogen) atoms. The van der Waals surface area contributed by atoms with E-state index in [1.807, 2.05) is 4.57 Å². The van der Waals surface area contributed by atoms with Crippen molar-refractivity contribution in [2.45, 2.75) is 16.2 Å². The highest BCUT2D eigenvalue weighted by molar-refractivity contribution is 7.99. The third-order valence-corrected chi connectivity index (χ3v) is 5.37. The van der Waals surface area contributed by atoms with Crippen LogP contribution in [0.3, 0.4) is 0 Å². The van der Waals surface area contributed by atoms with E-state index in [-0.39, 0.29) is 0 Å². The third kappa shape index (κ3) is 3.13. The van der Waals surface area contributed by atoms with Gasteiger partial charge < -0.3 is 9.80 Å². The average Bonchev–Trinajstić information content (AvgIpc) is 2.96. The van der Waals surface area contributed by atoms with Gasteiger partial charge in [0.05, 0.1) is 11.3 Å². The van der Waals surface area contributed by atoms with Crippen LogP contribution in [0.4, 0.5) is 18.9 Å². The number of fused-ring (bicyclic) bond motifs is 2. The molecule has 0 spiro atoms. The Morgan fingerprint density at radius 3 is 2.60 bits per heavy atom. The van der Waals surface area contributed by atoms with Crippen molar-refractivity contribution in [3.05, 3.63) is 36.2 Å². The summed E-state index contributed by atoms with van der Waals surface area (Å²) in [5.41, 5.74) is -0.355. The summed E-state index contributed by atoms with van der Waals surface area (Å²) in [5, 5.41) is 0.705. The molecule has 0 saturated carbocycles. The first kappa shape index (κ1) is 16.5. The number of hydrogen-bond acceptors (Lipinski definition) is 5. The number of aromatic nitrogens is 2. The van der Waals surface area contributed by atoms with Crippen LogP contribution in [-0.4, -0.2) is 58.5 Å². The number of nitrogens with zero attached hydrogens (tertiary/aromatic N) is 5. The lowest BCUT2D eigenvalue weighted by atomic mass is 10.2. The molecule has 1 aromatic heterocycles. The Morgan fingerprint density at radius 1 is 1.12 bits per heavy atom. The zero-order chi connectivity index (χ0) is 17.6. The molecule has 0 unspecified atom stereocenters. The van der Waals surface area contributed by atoms with E-state index in [0.717, 1.165) is 38.3 Å². The van der Waals surface area contributed by atoms with E-state index in [4.69, 9.17) is 0 Å². The zero-order valence-corrected chi connectivity index (χ0v) is 14.3. The van der Waals surface area contributed by atoms with Crippen LogP contribution in [0.15, 0.2) is 45.6 Å². The van der Waals surface area contributed by atoms with Gasteiger partial charge in [0.15, 0.2) is 5.16 Å². The maximum absolute atomic E-state index is 13.1. The summed E-state index contributed by atoms with van der Waals surface area (Å²) in [5.74, 6) is 0.631. The van der Waals surface area contributed by atoms with Gasteiger partial charge in [-0.25, -0.2) is 9.98 Å². The average molecular weight is 367 g/mol. The maximum atomic E-state index is 13.1. The monoisotopic (exact) mass is 367 g/mol. The Hall–Kier alpha value is -2.00. The van der Waals surface area contributed by atoms with Crippen LogP contribution in [0, 0.1) is 0 Å². The Labute approximate surface area is 147 Å². The highest BCUT2D eigenvalue weighted by Crippen LogP contribution is 2.41. The number of hydrogen-bond donors (Lipinski definition) is 0. The number of benzene rings is 1. The molecular weight excluding hydrogens is 351 g/mol. The normalized spacial score (nSPS) is 18.4. The fourth-order valence-corrected chi connectivity index (χ4v) is 3.77. The van der Waals surface area contributed by atoms with Crippen LogP contribution in [0.25, 0.3) is 0 Å². The van der Waals surface area contributed by atoms with Crippen molar-refractivity contribution in [2.24, 2.45) is 4.99 Å². The fraction of sp³-hybridized carbons (Fsp3) is 0.375. The second-order valence-electron chi connectivity index (χ2n) is 6.06. The Kier molecular flexibility index (Phi) is 3.99. The van der Waals surface area contributed by atoms with E-state index in [9.17, 15) is 13.2 Å². The first-order chi connectivity index (χ1) is 11.9. The molecule has 1 fully saturated rings. The lowest BCUT2D eigenvalue weighted by Crippen LogP contribution is -2.49. The molecule has 9 heteroatoms. The predicted octanol–water partition coefficient (Wildman–Crippen LogP) is 3.15. The molecule has 5 nitrogen and oxygen atoms in total. The van der Waals surface area contributed by atoms with Gasteiger partial charge in [-0.3, -0.25) is 4.57 Å². The molecule has 132 valence electrons. The fourth-order valence-electron chi connectivity index (χ4n) is 2.87. The SMILES string of the molecule is CN1CCN(C2=Nc3cc(C(F)(F)F)ccc3Sc3nccn32)CC1. The first-order valence-corrected chi connectivity index (χ1v) is 8.68. The molecule has 0 amide bonds. The minimum Gasteiger partial charge on any atom is -0.339 e. The summed E-state index contributed by atoms with van der Waals surface area (Å²) >= 11 is 1.33. The van der Waals surface area contributed by atoms with E-state index in [0.29, 0.717) is 21.7 Å². The van der Waals surface area contributed by atoms with Gasteiger partial charge in [0.1, 0.15) is 0 Å². The number of piperazine rings is 1. The molecule has 4 rings (SSSR count). The molecule has 2 aliphatic rings. The van der Waals surface area contributed by atoms with Crippen LogP contribution in [0.5, 0.6) is 0 Å². The van der Waals surface area contributed by atoms with Crippen molar-refractivity contribution in [3.8, 4) is 0 Å². The highest BCUT2D eigenvalue weighted by atomic mass is 32.2. The van der Waals surface area contributed by atoms with Gasteiger partial charge in [0.25, 0.3) is 0 Å². The van der Waals surface area contributed by atoms with Crippen LogP contribution in [0.2, 0.25) is 0 Å². The summed E-state index contributed by atoms with van der Waals surface area (Å²) in [6.07, 6.45) is -0.901. The first-order valence-electron chi connectivity index (χ1n) is 7.87. The van der Waals surface area contributed by atoms with Crippen molar-refractivity contribution in [3.63, 3.8) is 0 Å². The Morgan fingerprint density at radius 2 is 1.88 bits per heavy atom. The number of likely N-dealkylation sites (N-methyl/N-ethyl adjacent to an activating group) is 1. The van der Waals surface area contributed by atoms with Crippen LogP contribution in [-0.2, 0) is 6.18 Å². The van der Waals surface area contributed by atoms with Crippen molar-refractivity contribution >= 4 is 23.4 Å². The molecule has 1 aromatic carbocycles. The number of imidazole rings is 1. The lowest BCUT2D eigenvalue weighted by Gasteiger charge is -2.34. The molecular formula is C16H16F3N5S. The van der Waals surface area contributed by atoms with Crippen molar-refractivity contribution in [1.82, 2.24) is 19.4 Å². The van der Waals surface area contributed by atoms with Crippen molar-refractivity contribution in [2.75, 3.05) is 33.2 Å². The molecule has 0 bridgehead atoms. The molecule has 0 N–H and O–H groups in total. The molecule has 1 saturated heterocycles. The highest BCUT2D eigenvalue weighted by Gasteiger charge is 2.32. The van der Waals surface area contributed by atoms with Gasteiger partial charge in [-0.2, -0.15) is 13.2 Å². The summed E-state index contributed by atoms with van der Waals surface area (Å²) < 4.78 is 41.1. The van der Waals surface area contributed by atoms with Crippen molar-refractivity contribution < 1.29 is 13.2 Å². The predicted molar refractivity (Wildman–Crippen MR) is 89.4 cm³/mol. The van der Waals surface area contributed by atoms with E-state index >= 15 is 0 Å². The van der Waals surface area contributed by atoms with Crippen LogP contribution >= 0.6 is 11.8 Å². The number of halogens is 3. The molecule has 0 atom stereocenters. The third-order valence-electron chi connectivity index (χ3n) is 4.32. The lowest BCUT2D eigenvalue weighted by molar-refractivity contribution is -0.137. The van der Waals surface area contributed by atoms with E-state index < -0.39 is 11.7 Å². The van der Waals surface area contributed by atoms with Gasteiger partial charge in [-0.1, -0.05) is 0 Å². The minimum atomic E-state index is -4.39. The number of alkyl halides is 3. The number of aliphatic imine (C=N–C) groups is 1. The van der Waals surface area contributed by atoms with Crippen LogP contribution < -0.4 is 0 Å². The van der Waals surface area contributed by atoms with Gasteiger partial charge in [0.2, 0.25) is 5.96 Å². The van der Waals surface area contributed by atoms with Gasteiger partial charge in [-0.05, 0) is 37.0 Å². The van der Waals surface area contributed by atoms with Crippen molar-refractivity contribution in [1.29, 1.82) is 0 Å². The summed E-state index contributed by atoms with van der Waals surface area (Å²) in [7, 11) is 2.05. The van der Waals surface area contributed by atoms with Gasteiger partial charge in [0, 0.05) is 43.5 Å². The second kappa shape index (κ2) is 6.06. The topological polar surface area (TPSA) is 36.7 Å². The van der Waals surface area contributed by atoms with Gasteiger partial charge >= 0.3 is 6.18 Å². The quantitative estimate of drug-likeness (QED) is 0.717. The summed E-state index contributed by atoms with van der Waals surface area (Å²) in [6, 6.07) is 3.68. The smallest absolute Gasteiger partial charge is 0.339 e. The molecule has 3 heterocycles. The molecule has 2 aromatic rings. The standard InChI is InChI=1S/C16H16F3N5S/c1-22-6-8-23(9-7-22)14-21-12-10-11(16(17,18)19)2-3-13(12)25-15-20-4-5-24(14)15/h2-5,10H,6-9H2,1H3. The van der Waals surface area contributed by atoms with E-state index in [1.165, 1.54) is 17.8 Å². The van der Waals surface area contributed by atoms with Crippen LogP contribution in [0.1, 0.15) is 5.56 Å². The zero-order valence-electron chi connectivity index (χ0n) is 13.5. The van der Waals surface area contributed by atoms with E-state index in [2.05, 4.69) is 26.8 Å². The second-order valence-corrected chi connectivity index (χ2v) is 7.07. The molecule has 2 aliphatic heterocycles. The summed E-state index contributed by atoms with van der Waals surface area (Å²) in [4.78, 5) is 13.9. The Balaban J connectivity index is 1.80. The molecule has 0 radical (unpaired) electrons.